The van der Waals surface area contributed by atoms with Crippen molar-refractivity contribution in [1.82, 2.24) is 15.2 Å². The standard InChI is InChI=1S/C13H11F3N4O3/c1-20(22-2)7-17-11(21)9-5-3-8(4-6-9)10-18-12(23-19-10)13(14,15)16/h3-7H,1-2H3. The van der Waals surface area contributed by atoms with Gasteiger partial charge in [-0.2, -0.15) is 23.1 Å². The second kappa shape index (κ2) is 6.57. The summed E-state index contributed by atoms with van der Waals surface area (Å²) in [4.78, 5) is 23.4. The van der Waals surface area contributed by atoms with E-state index in [4.69, 9.17) is 4.84 Å². The predicted molar refractivity (Wildman–Crippen MR) is 72.3 cm³/mol. The van der Waals surface area contributed by atoms with Gasteiger partial charge in [0.1, 0.15) is 6.34 Å². The van der Waals surface area contributed by atoms with Crippen LogP contribution in [0.4, 0.5) is 13.2 Å². The number of hydroxylamine groups is 2. The maximum Gasteiger partial charge on any atom is 0.471 e. The van der Waals surface area contributed by atoms with Crippen LogP contribution in [0.2, 0.25) is 0 Å². The molecule has 0 unspecified atom stereocenters. The molecule has 0 radical (unpaired) electrons. The molecule has 0 spiro atoms. The van der Waals surface area contributed by atoms with Crippen molar-refractivity contribution in [3.63, 3.8) is 0 Å². The molecule has 1 amide bonds. The molecule has 0 saturated carbocycles. The zero-order valence-corrected chi connectivity index (χ0v) is 12.0. The third-order valence-corrected chi connectivity index (χ3v) is 2.68. The zero-order chi connectivity index (χ0) is 17.0. The molecule has 2 aromatic rings. The van der Waals surface area contributed by atoms with Crippen molar-refractivity contribution in [2.24, 2.45) is 4.99 Å². The van der Waals surface area contributed by atoms with E-state index in [0.717, 1.165) is 0 Å². The highest BCUT2D eigenvalue weighted by atomic mass is 19.4. The molecule has 0 saturated heterocycles. The number of nitrogens with zero attached hydrogens (tertiary/aromatic N) is 4. The predicted octanol–water partition coefficient (Wildman–Crippen LogP) is 2.42. The van der Waals surface area contributed by atoms with Gasteiger partial charge in [0.2, 0.25) is 5.82 Å². The molecule has 0 aliphatic rings. The number of aromatic nitrogens is 2. The van der Waals surface area contributed by atoms with Crippen molar-refractivity contribution in [2.75, 3.05) is 14.2 Å². The molecule has 0 aliphatic carbocycles. The van der Waals surface area contributed by atoms with E-state index in [0.29, 0.717) is 0 Å². The minimum Gasteiger partial charge on any atom is -0.329 e. The molecule has 122 valence electrons. The monoisotopic (exact) mass is 328 g/mol. The number of amides is 1. The lowest BCUT2D eigenvalue weighted by Gasteiger charge is -2.07. The summed E-state index contributed by atoms with van der Waals surface area (Å²) in [7, 11) is 2.96. The van der Waals surface area contributed by atoms with E-state index in [-0.39, 0.29) is 17.0 Å². The number of carbonyl (C=O) groups is 1. The van der Waals surface area contributed by atoms with Crippen LogP contribution in [0.1, 0.15) is 16.2 Å². The lowest BCUT2D eigenvalue weighted by Crippen LogP contribution is -2.14. The topological polar surface area (TPSA) is 80.8 Å². The van der Waals surface area contributed by atoms with Crippen LogP contribution in [-0.4, -0.2) is 41.6 Å². The first kappa shape index (κ1) is 16.6. The van der Waals surface area contributed by atoms with Gasteiger partial charge in [-0.25, -0.2) is 5.06 Å². The molecule has 7 nitrogen and oxygen atoms in total. The molecule has 0 fully saturated rings. The fourth-order valence-electron chi connectivity index (χ4n) is 1.47. The van der Waals surface area contributed by atoms with E-state index in [1.807, 2.05) is 0 Å². The molecule has 23 heavy (non-hydrogen) atoms. The Morgan fingerprint density at radius 1 is 1.35 bits per heavy atom. The lowest BCUT2D eigenvalue weighted by molar-refractivity contribution is -0.159. The maximum absolute atomic E-state index is 12.4. The fraction of sp³-hybridized carbons (Fsp3) is 0.231. The third kappa shape index (κ3) is 4.13. The van der Waals surface area contributed by atoms with E-state index in [2.05, 4.69) is 19.7 Å². The Balaban J connectivity index is 2.15. The molecule has 0 aliphatic heterocycles. The smallest absolute Gasteiger partial charge is 0.329 e. The van der Waals surface area contributed by atoms with Crippen molar-refractivity contribution in [3.8, 4) is 11.4 Å². The summed E-state index contributed by atoms with van der Waals surface area (Å²) < 4.78 is 41.3. The summed E-state index contributed by atoms with van der Waals surface area (Å²) in [5, 5.41) is 4.48. The van der Waals surface area contributed by atoms with Crippen molar-refractivity contribution in [3.05, 3.63) is 35.7 Å². The second-order valence-electron chi connectivity index (χ2n) is 4.28. The molecule has 0 N–H and O–H groups in total. The van der Waals surface area contributed by atoms with Crippen LogP contribution >= 0.6 is 0 Å². The number of carbonyl (C=O) groups excluding carboxylic acids is 1. The van der Waals surface area contributed by atoms with Crippen LogP contribution < -0.4 is 0 Å². The highest BCUT2D eigenvalue weighted by Gasteiger charge is 2.38. The van der Waals surface area contributed by atoms with E-state index < -0.39 is 18.0 Å². The molecule has 1 aromatic carbocycles. The van der Waals surface area contributed by atoms with Gasteiger partial charge in [0, 0.05) is 18.2 Å². The Hall–Kier alpha value is -2.75. The van der Waals surface area contributed by atoms with Gasteiger partial charge in [-0.15, -0.1) is 0 Å². The highest BCUT2D eigenvalue weighted by Crippen LogP contribution is 2.29. The molecule has 1 heterocycles. The van der Waals surface area contributed by atoms with Gasteiger partial charge in [-0.1, -0.05) is 17.3 Å². The largest absolute Gasteiger partial charge is 0.471 e. The maximum atomic E-state index is 12.4. The number of alkyl halides is 3. The summed E-state index contributed by atoms with van der Waals surface area (Å²) in [6.45, 7) is 0. The number of rotatable bonds is 4. The first-order chi connectivity index (χ1) is 10.8. The number of benzene rings is 1. The average Bonchev–Trinajstić information content (AvgIpc) is 3.02. The Bertz CT molecular complexity index is 710. The summed E-state index contributed by atoms with van der Waals surface area (Å²) in [6, 6.07) is 5.58. The molecule has 10 heteroatoms. The lowest BCUT2D eigenvalue weighted by atomic mass is 10.1. The van der Waals surface area contributed by atoms with Crippen molar-refractivity contribution < 1.29 is 27.3 Å². The highest BCUT2D eigenvalue weighted by molar-refractivity contribution is 5.98. The normalized spacial score (nSPS) is 11.9. The Morgan fingerprint density at radius 3 is 2.52 bits per heavy atom. The van der Waals surface area contributed by atoms with Crippen molar-refractivity contribution >= 4 is 12.2 Å². The van der Waals surface area contributed by atoms with Crippen LogP contribution in [0.25, 0.3) is 11.4 Å². The fourth-order valence-corrected chi connectivity index (χ4v) is 1.47. The Labute approximate surface area is 128 Å². The Kier molecular flexibility index (Phi) is 4.74. The van der Waals surface area contributed by atoms with Crippen LogP contribution in [0.15, 0.2) is 33.8 Å². The molecule has 1 aromatic heterocycles. The van der Waals surface area contributed by atoms with Gasteiger partial charge in [0.15, 0.2) is 0 Å². The SMILES string of the molecule is CON(C)C=NC(=O)c1ccc(-c2noc(C(F)(F)F)n2)cc1. The minimum atomic E-state index is -4.71. The van der Waals surface area contributed by atoms with Gasteiger partial charge >= 0.3 is 12.1 Å². The molecule has 0 atom stereocenters. The second-order valence-corrected chi connectivity index (χ2v) is 4.28. The quantitative estimate of drug-likeness (QED) is 0.487. The van der Waals surface area contributed by atoms with E-state index in [1.54, 1.807) is 7.05 Å². The Morgan fingerprint density at radius 2 is 2.00 bits per heavy atom. The minimum absolute atomic E-state index is 0.223. The number of halogens is 3. The van der Waals surface area contributed by atoms with Crippen LogP contribution in [0.3, 0.4) is 0 Å². The first-order valence-corrected chi connectivity index (χ1v) is 6.18. The average molecular weight is 328 g/mol. The van der Waals surface area contributed by atoms with Gasteiger partial charge in [-0.3, -0.25) is 9.63 Å². The van der Waals surface area contributed by atoms with Gasteiger partial charge in [-0.05, 0) is 12.1 Å². The van der Waals surface area contributed by atoms with Crippen LogP contribution in [-0.2, 0) is 11.0 Å². The summed E-state index contributed by atoms with van der Waals surface area (Å²) in [6.07, 6.45) is -3.52. The summed E-state index contributed by atoms with van der Waals surface area (Å²) >= 11 is 0. The van der Waals surface area contributed by atoms with E-state index in [9.17, 15) is 18.0 Å². The number of aliphatic imine (C=N–C) groups is 1. The summed E-state index contributed by atoms with van der Waals surface area (Å²) in [5.41, 5.74) is 0.521. The van der Waals surface area contributed by atoms with Gasteiger partial charge < -0.3 is 4.52 Å². The van der Waals surface area contributed by atoms with Crippen molar-refractivity contribution in [1.29, 1.82) is 0 Å². The number of hydrogen-bond acceptors (Lipinski definition) is 5. The molecular formula is C13H11F3N4O3. The number of hydrogen-bond donors (Lipinski definition) is 0. The van der Waals surface area contributed by atoms with Crippen molar-refractivity contribution in [2.45, 2.75) is 6.18 Å². The van der Waals surface area contributed by atoms with Gasteiger partial charge in [0.25, 0.3) is 5.91 Å². The van der Waals surface area contributed by atoms with Crippen LogP contribution in [0, 0.1) is 0 Å². The molecule has 0 bridgehead atoms. The van der Waals surface area contributed by atoms with Gasteiger partial charge in [0.05, 0.1) is 7.11 Å². The van der Waals surface area contributed by atoms with Crippen LogP contribution in [0.5, 0.6) is 0 Å². The zero-order valence-electron chi connectivity index (χ0n) is 12.0. The molecule has 2 rings (SSSR count). The third-order valence-electron chi connectivity index (χ3n) is 2.68. The van der Waals surface area contributed by atoms with E-state index >= 15 is 0 Å². The first-order valence-electron chi connectivity index (χ1n) is 6.18. The molecular weight excluding hydrogens is 317 g/mol. The summed E-state index contributed by atoms with van der Waals surface area (Å²) in [5.74, 6) is -2.19. The van der Waals surface area contributed by atoms with E-state index in [1.165, 1.54) is 42.8 Å².